The summed E-state index contributed by atoms with van der Waals surface area (Å²) >= 11 is 0. The van der Waals surface area contributed by atoms with Gasteiger partial charge in [0, 0.05) is 11.6 Å². The van der Waals surface area contributed by atoms with Crippen LogP contribution >= 0.6 is 0 Å². The van der Waals surface area contributed by atoms with Crippen LogP contribution in [0.3, 0.4) is 0 Å². The Morgan fingerprint density at radius 2 is 1.88 bits per heavy atom. The van der Waals surface area contributed by atoms with Crippen LogP contribution in [0.4, 0.5) is 11.4 Å². The second-order valence-electron chi connectivity index (χ2n) is 5.45. The second kappa shape index (κ2) is 7.06. The maximum absolute atomic E-state index is 12.1. The van der Waals surface area contributed by atoms with Gasteiger partial charge in [-0.15, -0.1) is 0 Å². The molecule has 1 heterocycles. The molecule has 0 bridgehead atoms. The molecule has 0 spiro atoms. The summed E-state index contributed by atoms with van der Waals surface area (Å²) in [5, 5.41) is 13.8. The van der Waals surface area contributed by atoms with E-state index < -0.39 is 10.8 Å². The SMILES string of the molecule is CC(=O)c1ccccc1NC(=O)C=Cc1cc2c(cc1[N+](=O)[O-])OCO2. The van der Waals surface area contributed by atoms with Crippen molar-refractivity contribution in [3.05, 3.63) is 63.7 Å². The first-order valence-corrected chi connectivity index (χ1v) is 7.63. The first kappa shape index (κ1) is 17.2. The van der Waals surface area contributed by atoms with E-state index in [0.29, 0.717) is 17.0 Å². The average Bonchev–Trinajstić information content (AvgIpc) is 3.06. The van der Waals surface area contributed by atoms with E-state index in [-0.39, 0.29) is 29.6 Å². The number of hydrogen-bond acceptors (Lipinski definition) is 6. The van der Waals surface area contributed by atoms with Gasteiger partial charge in [-0.1, -0.05) is 12.1 Å². The highest BCUT2D eigenvalue weighted by Gasteiger charge is 2.22. The molecule has 1 aliphatic rings. The topological polar surface area (TPSA) is 108 Å². The van der Waals surface area contributed by atoms with Crippen LogP contribution in [0.1, 0.15) is 22.8 Å². The fourth-order valence-corrected chi connectivity index (χ4v) is 2.48. The van der Waals surface area contributed by atoms with E-state index in [1.54, 1.807) is 24.3 Å². The van der Waals surface area contributed by atoms with Gasteiger partial charge in [-0.2, -0.15) is 0 Å². The lowest BCUT2D eigenvalue weighted by atomic mass is 10.1. The van der Waals surface area contributed by atoms with Crippen LogP contribution in [-0.4, -0.2) is 23.4 Å². The molecule has 2 aromatic rings. The number of nitro groups is 1. The maximum atomic E-state index is 12.1. The molecule has 0 unspecified atom stereocenters. The fraction of sp³-hybridized carbons (Fsp3) is 0.111. The van der Waals surface area contributed by atoms with Crippen molar-refractivity contribution in [2.45, 2.75) is 6.92 Å². The summed E-state index contributed by atoms with van der Waals surface area (Å²) in [6.07, 6.45) is 2.47. The molecule has 0 radical (unpaired) electrons. The number of ketones is 1. The van der Waals surface area contributed by atoms with Crippen LogP contribution in [0.5, 0.6) is 11.5 Å². The highest BCUT2D eigenvalue weighted by atomic mass is 16.7. The summed E-state index contributed by atoms with van der Waals surface area (Å²) in [6.45, 7) is 1.39. The van der Waals surface area contributed by atoms with Gasteiger partial charge in [-0.3, -0.25) is 19.7 Å². The molecule has 8 nitrogen and oxygen atoms in total. The smallest absolute Gasteiger partial charge is 0.280 e. The van der Waals surface area contributed by atoms with Gasteiger partial charge in [0.1, 0.15) is 0 Å². The molecule has 0 saturated heterocycles. The van der Waals surface area contributed by atoms with Gasteiger partial charge in [0.05, 0.1) is 22.2 Å². The van der Waals surface area contributed by atoms with Crippen molar-refractivity contribution in [1.29, 1.82) is 0 Å². The largest absolute Gasteiger partial charge is 0.454 e. The zero-order valence-corrected chi connectivity index (χ0v) is 13.7. The molecule has 0 aliphatic carbocycles. The number of ether oxygens (including phenoxy) is 2. The van der Waals surface area contributed by atoms with E-state index in [9.17, 15) is 19.7 Å². The Labute approximate surface area is 148 Å². The molecule has 3 rings (SSSR count). The number of hydrogen-bond donors (Lipinski definition) is 1. The van der Waals surface area contributed by atoms with Crippen LogP contribution < -0.4 is 14.8 Å². The Morgan fingerprint density at radius 3 is 2.58 bits per heavy atom. The molecule has 0 saturated carbocycles. The summed E-state index contributed by atoms with van der Waals surface area (Å²) in [6, 6.07) is 9.28. The number of carbonyl (C=O) groups is 2. The van der Waals surface area contributed by atoms with Crippen LogP contribution in [0.25, 0.3) is 6.08 Å². The lowest BCUT2D eigenvalue weighted by Gasteiger charge is -2.06. The number of amides is 1. The van der Waals surface area contributed by atoms with Crippen LogP contribution in [-0.2, 0) is 4.79 Å². The van der Waals surface area contributed by atoms with E-state index in [1.807, 2.05) is 0 Å². The number of nitrogens with one attached hydrogen (secondary N) is 1. The lowest BCUT2D eigenvalue weighted by molar-refractivity contribution is -0.385. The molecule has 1 N–H and O–H groups in total. The van der Waals surface area contributed by atoms with Crippen molar-refractivity contribution in [3.63, 3.8) is 0 Å². The summed E-state index contributed by atoms with van der Waals surface area (Å²) in [7, 11) is 0. The van der Waals surface area contributed by atoms with Gasteiger partial charge in [-0.25, -0.2) is 0 Å². The van der Waals surface area contributed by atoms with Crippen molar-refractivity contribution in [2.24, 2.45) is 0 Å². The van der Waals surface area contributed by atoms with Crippen molar-refractivity contribution < 1.29 is 24.0 Å². The maximum Gasteiger partial charge on any atom is 0.280 e. The molecule has 8 heteroatoms. The third kappa shape index (κ3) is 3.54. The molecule has 2 aromatic carbocycles. The van der Waals surface area contributed by atoms with E-state index in [1.165, 1.54) is 25.1 Å². The predicted molar refractivity (Wildman–Crippen MR) is 93.3 cm³/mol. The molecule has 0 fully saturated rings. The number of para-hydroxylation sites is 1. The first-order chi connectivity index (χ1) is 12.5. The predicted octanol–water partition coefficient (Wildman–Crippen LogP) is 3.18. The third-order valence-electron chi connectivity index (χ3n) is 3.70. The summed E-state index contributed by atoms with van der Waals surface area (Å²) in [4.78, 5) is 34.4. The molecule has 1 amide bonds. The second-order valence-corrected chi connectivity index (χ2v) is 5.45. The summed E-state index contributed by atoms with van der Waals surface area (Å²) < 4.78 is 10.3. The van der Waals surface area contributed by atoms with E-state index >= 15 is 0 Å². The van der Waals surface area contributed by atoms with Gasteiger partial charge in [-0.05, 0) is 31.2 Å². The van der Waals surface area contributed by atoms with Crippen molar-refractivity contribution in [2.75, 3.05) is 12.1 Å². The number of anilines is 1. The lowest BCUT2D eigenvalue weighted by Crippen LogP contribution is -2.11. The van der Waals surface area contributed by atoms with Gasteiger partial charge in [0.15, 0.2) is 17.3 Å². The monoisotopic (exact) mass is 354 g/mol. The number of fused-ring (bicyclic) bond motifs is 1. The quantitative estimate of drug-likeness (QED) is 0.382. The van der Waals surface area contributed by atoms with Crippen molar-refractivity contribution >= 4 is 29.1 Å². The first-order valence-electron chi connectivity index (χ1n) is 7.63. The minimum atomic E-state index is -0.565. The number of nitrogens with zero attached hydrogens (tertiary/aromatic N) is 1. The Hall–Kier alpha value is -3.68. The van der Waals surface area contributed by atoms with E-state index in [0.717, 1.165) is 6.08 Å². The Morgan fingerprint density at radius 1 is 1.19 bits per heavy atom. The molecule has 132 valence electrons. The number of rotatable bonds is 5. The molecule has 1 aliphatic heterocycles. The number of carbonyl (C=O) groups excluding carboxylic acids is 2. The molecular weight excluding hydrogens is 340 g/mol. The Kier molecular flexibility index (Phi) is 4.66. The zero-order chi connectivity index (χ0) is 18.7. The molecule has 0 atom stereocenters. The molecule has 26 heavy (non-hydrogen) atoms. The number of Topliss-reactive ketones (excluding diaryl/α,β-unsaturated/α-hetero) is 1. The molecule has 0 aromatic heterocycles. The summed E-state index contributed by atoms with van der Waals surface area (Å²) in [5.41, 5.74) is 0.745. The minimum absolute atomic E-state index is 0.0119. The Balaban J connectivity index is 1.83. The van der Waals surface area contributed by atoms with Gasteiger partial charge in [0.25, 0.3) is 5.69 Å². The van der Waals surface area contributed by atoms with Crippen LogP contribution in [0.2, 0.25) is 0 Å². The highest BCUT2D eigenvalue weighted by Crippen LogP contribution is 2.38. The standard InChI is InChI=1S/C18H14N2O6/c1-11(21)13-4-2-3-5-14(13)19-18(22)7-6-12-8-16-17(26-10-25-16)9-15(12)20(23)24/h2-9H,10H2,1H3,(H,19,22). The van der Waals surface area contributed by atoms with Crippen molar-refractivity contribution in [3.8, 4) is 11.5 Å². The summed E-state index contributed by atoms with van der Waals surface area (Å²) in [5.74, 6) is -0.0479. The number of benzene rings is 2. The number of nitro benzene ring substituents is 1. The highest BCUT2D eigenvalue weighted by molar-refractivity contribution is 6.07. The fourth-order valence-electron chi connectivity index (χ4n) is 2.48. The minimum Gasteiger partial charge on any atom is -0.454 e. The van der Waals surface area contributed by atoms with Crippen LogP contribution in [0, 0.1) is 10.1 Å². The molecular formula is C18H14N2O6. The van der Waals surface area contributed by atoms with Gasteiger partial charge < -0.3 is 14.8 Å². The van der Waals surface area contributed by atoms with Gasteiger partial charge in [0.2, 0.25) is 12.7 Å². The third-order valence-corrected chi connectivity index (χ3v) is 3.70. The van der Waals surface area contributed by atoms with Gasteiger partial charge >= 0.3 is 0 Å². The Bertz CT molecular complexity index is 935. The zero-order valence-electron chi connectivity index (χ0n) is 13.7. The van der Waals surface area contributed by atoms with E-state index in [4.69, 9.17) is 9.47 Å². The normalized spacial score (nSPS) is 12.2. The van der Waals surface area contributed by atoms with Crippen molar-refractivity contribution in [1.82, 2.24) is 0 Å². The van der Waals surface area contributed by atoms with E-state index in [2.05, 4.69) is 5.32 Å². The average molecular weight is 354 g/mol. The van der Waals surface area contributed by atoms with Crippen LogP contribution in [0.15, 0.2) is 42.5 Å².